The number of allylic oxidation sites excluding steroid dienone is 1. The van der Waals surface area contributed by atoms with Crippen LogP contribution < -0.4 is 0 Å². The van der Waals surface area contributed by atoms with Gasteiger partial charge < -0.3 is 25.2 Å². The molecule has 1 saturated heterocycles. The van der Waals surface area contributed by atoms with Crippen molar-refractivity contribution in [3.63, 3.8) is 0 Å². The summed E-state index contributed by atoms with van der Waals surface area (Å²) < 4.78 is 5.44. The summed E-state index contributed by atoms with van der Waals surface area (Å²) in [6.45, 7) is 9.39. The molecule has 2 aliphatic carbocycles. The fourth-order valence-electron chi connectivity index (χ4n) is 5.91. The van der Waals surface area contributed by atoms with Crippen LogP contribution in [0.15, 0.2) is 12.2 Å². The number of carboxylic acids is 1. The van der Waals surface area contributed by atoms with Crippen molar-refractivity contribution in [2.45, 2.75) is 76.8 Å². The molecule has 6 heteroatoms. The Hall–Kier alpha value is -0.950. The van der Waals surface area contributed by atoms with Gasteiger partial charge in [-0.1, -0.05) is 25.5 Å². The van der Waals surface area contributed by atoms with Crippen LogP contribution >= 0.6 is 0 Å². The zero-order valence-electron chi connectivity index (χ0n) is 16.0. The van der Waals surface area contributed by atoms with Crippen molar-refractivity contribution in [3.8, 4) is 0 Å². The van der Waals surface area contributed by atoms with Crippen LogP contribution in [-0.2, 0) is 9.53 Å². The van der Waals surface area contributed by atoms with Gasteiger partial charge in [-0.05, 0) is 56.8 Å². The molecule has 0 spiro atoms. The zero-order chi connectivity index (χ0) is 19.5. The Kier molecular flexibility index (Phi) is 4.59. The minimum absolute atomic E-state index is 0.0309. The number of hydrogen-bond donors (Lipinski definition) is 4. The smallest absolute Gasteiger partial charge is 0.309 e. The number of carbonyl (C=O) groups is 1. The summed E-state index contributed by atoms with van der Waals surface area (Å²) in [5.41, 5.74) is -1.95. The molecule has 0 unspecified atom stereocenters. The number of aliphatic hydroxyl groups is 3. The van der Waals surface area contributed by atoms with Crippen LogP contribution in [0.1, 0.15) is 59.3 Å². The van der Waals surface area contributed by atoms with Gasteiger partial charge in [-0.3, -0.25) is 4.79 Å². The SMILES string of the molecule is C=C1CC[C@@H]2[C@](C)(CCC[C@]2(C)C(=O)O)[C@H]1C[C@@]1(O)OC[C@H](O)[C@@]1(C)O. The Morgan fingerprint density at radius 1 is 1.27 bits per heavy atom. The first-order valence-corrected chi connectivity index (χ1v) is 9.56. The maximum absolute atomic E-state index is 12.0. The van der Waals surface area contributed by atoms with Gasteiger partial charge in [-0.25, -0.2) is 0 Å². The highest BCUT2D eigenvalue weighted by Crippen LogP contribution is 2.63. The molecule has 7 atom stereocenters. The highest BCUT2D eigenvalue weighted by atomic mass is 16.7. The van der Waals surface area contributed by atoms with E-state index >= 15 is 0 Å². The molecule has 4 N–H and O–H groups in total. The predicted octanol–water partition coefficient (Wildman–Crippen LogP) is 2.07. The number of aliphatic hydroxyl groups excluding tert-OH is 1. The van der Waals surface area contributed by atoms with Gasteiger partial charge >= 0.3 is 5.97 Å². The second kappa shape index (κ2) is 6.03. The van der Waals surface area contributed by atoms with Crippen molar-refractivity contribution in [1.82, 2.24) is 0 Å². The molecule has 148 valence electrons. The van der Waals surface area contributed by atoms with Gasteiger partial charge in [0.2, 0.25) is 0 Å². The van der Waals surface area contributed by atoms with Crippen LogP contribution in [0.3, 0.4) is 0 Å². The first-order chi connectivity index (χ1) is 11.9. The lowest BCUT2D eigenvalue weighted by Crippen LogP contribution is -2.59. The Labute approximate surface area is 154 Å². The van der Waals surface area contributed by atoms with Crippen LogP contribution in [0.2, 0.25) is 0 Å². The summed E-state index contributed by atoms with van der Waals surface area (Å²) in [5.74, 6) is -2.85. The second-order valence-corrected chi connectivity index (χ2v) is 9.35. The van der Waals surface area contributed by atoms with Gasteiger partial charge in [0.25, 0.3) is 0 Å². The van der Waals surface area contributed by atoms with Crippen molar-refractivity contribution in [2.75, 3.05) is 6.61 Å². The number of rotatable bonds is 3. The van der Waals surface area contributed by atoms with Gasteiger partial charge in [-0.2, -0.15) is 0 Å². The van der Waals surface area contributed by atoms with Crippen molar-refractivity contribution in [2.24, 2.45) is 22.7 Å². The highest BCUT2D eigenvalue weighted by Gasteiger charge is 2.63. The number of ether oxygens (including phenoxy) is 1. The molecule has 2 saturated carbocycles. The third kappa shape index (κ3) is 2.57. The molecule has 0 aromatic carbocycles. The monoisotopic (exact) mass is 368 g/mol. The molecule has 6 nitrogen and oxygen atoms in total. The van der Waals surface area contributed by atoms with E-state index in [9.17, 15) is 25.2 Å². The lowest BCUT2D eigenvalue weighted by molar-refractivity contribution is -0.269. The fraction of sp³-hybridized carbons (Fsp3) is 0.850. The van der Waals surface area contributed by atoms with Crippen LogP contribution in [0.25, 0.3) is 0 Å². The number of hydrogen-bond acceptors (Lipinski definition) is 5. The summed E-state index contributed by atoms with van der Waals surface area (Å²) >= 11 is 0. The molecular formula is C20H32O6. The van der Waals surface area contributed by atoms with E-state index in [2.05, 4.69) is 13.5 Å². The maximum atomic E-state index is 12.0. The van der Waals surface area contributed by atoms with Crippen molar-refractivity contribution >= 4 is 5.97 Å². The quantitative estimate of drug-likeness (QED) is 0.568. The van der Waals surface area contributed by atoms with E-state index in [-0.39, 0.29) is 30.3 Å². The normalized spacial score (nSPS) is 51.9. The van der Waals surface area contributed by atoms with Crippen LogP contribution in [0.4, 0.5) is 0 Å². The number of fused-ring (bicyclic) bond motifs is 1. The molecule has 0 aromatic heterocycles. The Morgan fingerprint density at radius 2 is 1.92 bits per heavy atom. The molecule has 26 heavy (non-hydrogen) atoms. The molecule has 3 rings (SSSR count). The molecule has 3 fully saturated rings. The van der Waals surface area contributed by atoms with Gasteiger partial charge in [0.05, 0.1) is 12.0 Å². The summed E-state index contributed by atoms with van der Waals surface area (Å²) in [5, 5.41) is 41.5. The molecular weight excluding hydrogens is 336 g/mol. The molecule has 1 aliphatic heterocycles. The molecule has 3 aliphatic rings. The Bertz CT molecular complexity index is 615. The first-order valence-electron chi connectivity index (χ1n) is 9.56. The number of carboxylic acid groups (broad SMARTS) is 1. The van der Waals surface area contributed by atoms with E-state index in [0.717, 1.165) is 24.8 Å². The van der Waals surface area contributed by atoms with Gasteiger partial charge in [-0.15, -0.1) is 0 Å². The minimum Gasteiger partial charge on any atom is -0.481 e. The van der Waals surface area contributed by atoms with Crippen LogP contribution in [0.5, 0.6) is 0 Å². The average Bonchev–Trinajstić information content (AvgIpc) is 2.74. The molecule has 0 aromatic rings. The largest absolute Gasteiger partial charge is 0.481 e. The van der Waals surface area contributed by atoms with Crippen molar-refractivity contribution in [1.29, 1.82) is 0 Å². The predicted molar refractivity (Wildman–Crippen MR) is 95.2 cm³/mol. The average molecular weight is 368 g/mol. The maximum Gasteiger partial charge on any atom is 0.309 e. The van der Waals surface area contributed by atoms with E-state index in [1.54, 1.807) is 0 Å². The summed E-state index contributed by atoms with van der Waals surface area (Å²) in [6, 6.07) is 0. The van der Waals surface area contributed by atoms with Gasteiger partial charge in [0.1, 0.15) is 11.7 Å². The second-order valence-electron chi connectivity index (χ2n) is 9.35. The summed E-state index contributed by atoms with van der Waals surface area (Å²) in [6.07, 6.45) is 2.73. The summed E-state index contributed by atoms with van der Waals surface area (Å²) in [7, 11) is 0. The molecule has 0 radical (unpaired) electrons. The van der Waals surface area contributed by atoms with E-state index < -0.39 is 28.9 Å². The van der Waals surface area contributed by atoms with Crippen molar-refractivity contribution < 1.29 is 30.0 Å². The van der Waals surface area contributed by atoms with Crippen LogP contribution in [-0.4, -0.2) is 50.5 Å². The zero-order valence-corrected chi connectivity index (χ0v) is 16.0. The Morgan fingerprint density at radius 3 is 2.46 bits per heavy atom. The number of aliphatic carboxylic acids is 1. The third-order valence-electron chi connectivity index (χ3n) is 7.91. The fourth-order valence-corrected chi connectivity index (χ4v) is 5.91. The highest BCUT2D eigenvalue weighted by molar-refractivity contribution is 5.75. The Balaban J connectivity index is 1.96. The molecule has 0 bridgehead atoms. The van der Waals surface area contributed by atoms with E-state index in [1.807, 2.05) is 6.92 Å². The van der Waals surface area contributed by atoms with Gasteiger partial charge in [0.15, 0.2) is 5.79 Å². The lowest BCUT2D eigenvalue weighted by atomic mass is 9.46. The lowest BCUT2D eigenvalue weighted by Gasteiger charge is -2.58. The van der Waals surface area contributed by atoms with Crippen molar-refractivity contribution in [3.05, 3.63) is 12.2 Å². The van der Waals surface area contributed by atoms with E-state index in [0.29, 0.717) is 12.8 Å². The topological polar surface area (TPSA) is 107 Å². The van der Waals surface area contributed by atoms with E-state index in [1.165, 1.54) is 6.92 Å². The first kappa shape index (κ1) is 19.8. The summed E-state index contributed by atoms with van der Waals surface area (Å²) in [4.78, 5) is 12.0. The standard InChI is InChI=1S/C20H32O6/c1-12-6-7-14-17(2,8-5-9-18(14,3)16(22)23)13(12)10-20(25)19(4,24)15(21)11-26-20/h13-15,21,24-25H,1,5-11H2,2-4H3,(H,22,23)/t13-,14+,15-,17+,18-,19+,20+/m0/s1. The van der Waals surface area contributed by atoms with Crippen LogP contribution in [0, 0.1) is 22.7 Å². The molecule has 1 heterocycles. The van der Waals surface area contributed by atoms with Gasteiger partial charge in [0, 0.05) is 6.42 Å². The third-order valence-corrected chi connectivity index (χ3v) is 7.91. The van der Waals surface area contributed by atoms with E-state index in [4.69, 9.17) is 4.74 Å². The minimum atomic E-state index is -1.87. The molecule has 0 amide bonds.